The molecule has 29 heavy (non-hydrogen) atoms. The SMILES string of the molecule is Cl.O=C(NCc1ccc(F)cc1)C1CCN(C(=O)C2CC3CCCCC3N2)CC1. The van der Waals surface area contributed by atoms with E-state index in [4.69, 9.17) is 0 Å². The molecule has 3 atom stereocenters. The van der Waals surface area contributed by atoms with Gasteiger partial charge in [0.1, 0.15) is 5.82 Å². The Morgan fingerprint density at radius 2 is 1.76 bits per heavy atom. The highest BCUT2D eigenvalue weighted by atomic mass is 35.5. The topological polar surface area (TPSA) is 61.4 Å². The molecule has 2 aliphatic heterocycles. The van der Waals surface area contributed by atoms with Crippen molar-refractivity contribution in [2.45, 2.75) is 63.6 Å². The van der Waals surface area contributed by atoms with Crippen molar-refractivity contribution in [1.82, 2.24) is 15.5 Å². The summed E-state index contributed by atoms with van der Waals surface area (Å²) in [5.41, 5.74) is 0.885. The van der Waals surface area contributed by atoms with E-state index in [9.17, 15) is 14.0 Å². The summed E-state index contributed by atoms with van der Waals surface area (Å²) in [5, 5.41) is 6.51. The Balaban J connectivity index is 0.00000240. The number of hydrogen-bond donors (Lipinski definition) is 2. The van der Waals surface area contributed by atoms with Crippen molar-refractivity contribution < 1.29 is 14.0 Å². The third-order valence-corrected chi connectivity index (χ3v) is 6.72. The number of nitrogens with one attached hydrogen (secondary N) is 2. The fourth-order valence-corrected chi connectivity index (χ4v) is 5.03. The van der Waals surface area contributed by atoms with Crippen LogP contribution in [0.1, 0.15) is 50.5 Å². The van der Waals surface area contributed by atoms with Gasteiger partial charge in [0, 0.05) is 31.6 Å². The number of likely N-dealkylation sites (tertiary alicyclic amines) is 1. The second-order valence-corrected chi connectivity index (χ2v) is 8.55. The molecule has 160 valence electrons. The summed E-state index contributed by atoms with van der Waals surface area (Å²) < 4.78 is 13.0. The maximum absolute atomic E-state index is 13.0. The van der Waals surface area contributed by atoms with Crippen molar-refractivity contribution in [3.8, 4) is 0 Å². The summed E-state index contributed by atoms with van der Waals surface area (Å²) >= 11 is 0. The molecule has 5 nitrogen and oxygen atoms in total. The molecular formula is C22H31ClFN3O2. The Labute approximate surface area is 178 Å². The van der Waals surface area contributed by atoms with Gasteiger partial charge in [-0.25, -0.2) is 4.39 Å². The van der Waals surface area contributed by atoms with Crippen LogP contribution in [-0.4, -0.2) is 41.9 Å². The number of hydrogen-bond acceptors (Lipinski definition) is 3. The van der Waals surface area contributed by atoms with E-state index in [1.807, 2.05) is 4.90 Å². The van der Waals surface area contributed by atoms with Crippen LogP contribution < -0.4 is 10.6 Å². The van der Waals surface area contributed by atoms with Crippen LogP contribution in [-0.2, 0) is 16.1 Å². The van der Waals surface area contributed by atoms with Crippen molar-refractivity contribution in [1.29, 1.82) is 0 Å². The molecule has 0 aromatic heterocycles. The first-order valence-corrected chi connectivity index (χ1v) is 10.7. The summed E-state index contributed by atoms with van der Waals surface area (Å²) in [5.74, 6) is 0.588. The van der Waals surface area contributed by atoms with Gasteiger partial charge in [-0.3, -0.25) is 9.59 Å². The van der Waals surface area contributed by atoms with E-state index < -0.39 is 0 Å². The van der Waals surface area contributed by atoms with Gasteiger partial charge in [-0.05, 0) is 55.7 Å². The van der Waals surface area contributed by atoms with E-state index in [1.165, 1.54) is 37.8 Å². The van der Waals surface area contributed by atoms with E-state index >= 15 is 0 Å². The van der Waals surface area contributed by atoms with Crippen LogP contribution in [0.15, 0.2) is 24.3 Å². The highest BCUT2D eigenvalue weighted by molar-refractivity contribution is 5.85. The molecule has 1 aromatic carbocycles. The number of rotatable bonds is 4. The van der Waals surface area contributed by atoms with E-state index in [0.717, 1.165) is 12.0 Å². The van der Waals surface area contributed by atoms with Crippen LogP contribution in [0.25, 0.3) is 0 Å². The molecule has 0 spiro atoms. The summed E-state index contributed by atoms with van der Waals surface area (Å²) in [6.07, 6.45) is 7.40. The first-order valence-electron chi connectivity index (χ1n) is 10.7. The molecule has 2 heterocycles. The minimum absolute atomic E-state index is 0. The van der Waals surface area contributed by atoms with Crippen LogP contribution in [0.5, 0.6) is 0 Å². The smallest absolute Gasteiger partial charge is 0.239 e. The molecule has 0 radical (unpaired) electrons. The molecule has 2 N–H and O–H groups in total. The normalized spacial score (nSPS) is 27.1. The number of carbonyl (C=O) groups is 2. The molecule has 0 bridgehead atoms. The summed E-state index contributed by atoms with van der Waals surface area (Å²) in [6.45, 7) is 1.72. The molecule has 1 aromatic rings. The molecule has 2 amide bonds. The van der Waals surface area contributed by atoms with Gasteiger partial charge in [0.05, 0.1) is 6.04 Å². The maximum atomic E-state index is 13.0. The number of piperidine rings is 1. The van der Waals surface area contributed by atoms with Gasteiger partial charge in [-0.1, -0.05) is 25.0 Å². The van der Waals surface area contributed by atoms with Crippen LogP contribution in [0.2, 0.25) is 0 Å². The number of benzene rings is 1. The van der Waals surface area contributed by atoms with E-state index in [2.05, 4.69) is 10.6 Å². The second kappa shape index (κ2) is 9.90. The van der Waals surface area contributed by atoms with Crippen LogP contribution in [0.3, 0.4) is 0 Å². The number of carbonyl (C=O) groups excluding carboxylic acids is 2. The largest absolute Gasteiger partial charge is 0.352 e. The monoisotopic (exact) mass is 423 g/mol. The predicted octanol–water partition coefficient (Wildman–Crippen LogP) is 3.02. The lowest BCUT2D eigenvalue weighted by Crippen LogP contribution is -2.49. The Morgan fingerprint density at radius 1 is 1.07 bits per heavy atom. The van der Waals surface area contributed by atoms with Gasteiger partial charge in [0.25, 0.3) is 0 Å². The van der Waals surface area contributed by atoms with Crippen molar-refractivity contribution in [2.75, 3.05) is 13.1 Å². The van der Waals surface area contributed by atoms with E-state index in [1.54, 1.807) is 12.1 Å². The number of amides is 2. The van der Waals surface area contributed by atoms with Crippen LogP contribution in [0, 0.1) is 17.7 Å². The molecule has 3 aliphatic rings. The van der Waals surface area contributed by atoms with Gasteiger partial charge >= 0.3 is 0 Å². The molecule has 3 fully saturated rings. The predicted molar refractivity (Wildman–Crippen MR) is 112 cm³/mol. The van der Waals surface area contributed by atoms with Gasteiger partial charge in [-0.2, -0.15) is 0 Å². The maximum Gasteiger partial charge on any atom is 0.239 e. The molecule has 7 heteroatoms. The quantitative estimate of drug-likeness (QED) is 0.782. The van der Waals surface area contributed by atoms with Crippen molar-refractivity contribution in [3.63, 3.8) is 0 Å². The molecular weight excluding hydrogens is 393 g/mol. The Hall–Kier alpha value is -1.66. The zero-order chi connectivity index (χ0) is 19.5. The Morgan fingerprint density at radius 3 is 2.45 bits per heavy atom. The molecule has 1 aliphatic carbocycles. The fourth-order valence-electron chi connectivity index (χ4n) is 5.03. The first kappa shape index (κ1) is 22.0. The lowest BCUT2D eigenvalue weighted by Gasteiger charge is -2.33. The molecule has 2 saturated heterocycles. The summed E-state index contributed by atoms with van der Waals surface area (Å²) in [4.78, 5) is 27.3. The second-order valence-electron chi connectivity index (χ2n) is 8.55. The molecule has 3 unspecified atom stereocenters. The average Bonchev–Trinajstić information content (AvgIpc) is 3.17. The highest BCUT2D eigenvalue weighted by Gasteiger charge is 2.40. The lowest BCUT2D eigenvalue weighted by molar-refractivity contribution is -0.137. The summed E-state index contributed by atoms with van der Waals surface area (Å²) in [7, 11) is 0. The van der Waals surface area contributed by atoms with Crippen molar-refractivity contribution >= 4 is 24.2 Å². The Kier molecular flexibility index (Phi) is 7.52. The zero-order valence-electron chi connectivity index (χ0n) is 16.7. The summed E-state index contributed by atoms with van der Waals surface area (Å²) in [6, 6.07) is 6.67. The van der Waals surface area contributed by atoms with Gasteiger partial charge in [0.15, 0.2) is 0 Å². The highest BCUT2D eigenvalue weighted by Crippen LogP contribution is 2.34. The minimum Gasteiger partial charge on any atom is -0.352 e. The van der Waals surface area contributed by atoms with Gasteiger partial charge in [-0.15, -0.1) is 12.4 Å². The van der Waals surface area contributed by atoms with E-state index in [-0.39, 0.29) is 42.0 Å². The van der Waals surface area contributed by atoms with E-state index in [0.29, 0.717) is 44.4 Å². The third-order valence-electron chi connectivity index (χ3n) is 6.72. The standard InChI is InChI=1S/C22H30FN3O2.ClH/c23-18-7-5-15(6-8-18)14-24-21(27)16-9-11-26(12-10-16)22(28)20-13-17-3-1-2-4-19(17)25-20;/h5-8,16-17,19-20,25H,1-4,9-14H2,(H,24,27);1H. The van der Waals surface area contributed by atoms with Gasteiger partial charge in [0.2, 0.25) is 11.8 Å². The molecule has 1 saturated carbocycles. The Bertz CT molecular complexity index is 693. The fraction of sp³-hybridized carbons (Fsp3) is 0.636. The molecule has 4 rings (SSSR count). The van der Waals surface area contributed by atoms with Crippen molar-refractivity contribution in [3.05, 3.63) is 35.6 Å². The van der Waals surface area contributed by atoms with Crippen LogP contribution in [0.4, 0.5) is 4.39 Å². The number of fused-ring (bicyclic) bond motifs is 1. The van der Waals surface area contributed by atoms with Gasteiger partial charge < -0.3 is 15.5 Å². The first-order chi connectivity index (χ1) is 13.6. The minimum atomic E-state index is -0.275. The third kappa shape index (κ3) is 5.28. The van der Waals surface area contributed by atoms with Crippen LogP contribution >= 0.6 is 12.4 Å². The number of halogens is 2. The lowest BCUT2D eigenvalue weighted by atomic mass is 9.85. The van der Waals surface area contributed by atoms with Crippen molar-refractivity contribution in [2.24, 2.45) is 11.8 Å². The number of nitrogens with zero attached hydrogens (tertiary/aromatic N) is 1. The zero-order valence-corrected chi connectivity index (χ0v) is 17.6. The average molecular weight is 424 g/mol.